The molecule has 0 aromatic carbocycles. The molecular weight excluding hydrogens is 414 g/mol. The number of hydrogen-bond acceptors (Lipinski definition) is 5. The average molecular weight is 452 g/mol. The maximum Gasteiger partial charge on any atom is 0.410 e. The summed E-state index contributed by atoms with van der Waals surface area (Å²) in [5.41, 5.74) is -0.516. The van der Waals surface area contributed by atoms with Crippen LogP contribution in [0.4, 0.5) is 4.79 Å². The minimum absolute atomic E-state index is 0.0838. The van der Waals surface area contributed by atoms with Gasteiger partial charge in [0.05, 0.1) is 11.8 Å². The van der Waals surface area contributed by atoms with Crippen LogP contribution in [0, 0.1) is 17.8 Å². The van der Waals surface area contributed by atoms with Crippen LogP contribution in [0.3, 0.4) is 0 Å². The molecule has 0 aromatic heterocycles. The molecule has 2 N–H and O–H groups in total. The molecule has 2 fully saturated rings. The molecule has 32 heavy (non-hydrogen) atoms. The van der Waals surface area contributed by atoms with Crippen molar-refractivity contribution >= 4 is 23.9 Å². The Morgan fingerprint density at radius 2 is 1.75 bits per heavy atom. The van der Waals surface area contributed by atoms with E-state index in [1.165, 1.54) is 0 Å². The van der Waals surface area contributed by atoms with Crippen molar-refractivity contribution in [2.75, 3.05) is 32.7 Å². The zero-order valence-electron chi connectivity index (χ0n) is 19.6. The molecule has 180 valence electrons. The van der Waals surface area contributed by atoms with Crippen LogP contribution >= 0.6 is 0 Å². The topological polar surface area (TPSA) is 116 Å². The third-order valence-electron chi connectivity index (χ3n) is 5.81. The van der Waals surface area contributed by atoms with E-state index < -0.39 is 17.5 Å². The molecule has 9 nitrogen and oxygen atoms in total. The molecule has 0 aromatic rings. The molecule has 0 unspecified atom stereocenters. The van der Waals surface area contributed by atoms with E-state index in [0.717, 1.165) is 19.3 Å². The highest BCUT2D eigenvalue weighted by atomic mass is 16.6. The fraction of sp³-hybridized carbons (Fsp3) is 0.739. The number of allylic oxidation sites excluding steroid dienone is 1. The van der Waals surface area contributed by atoms with Crippen molar-refractivity contribution in [3.05, 3.63) is 12.2 Å². The first-order valence-electron chi connectivity index (χ1n) is 11.4. The standard InChI is InChI=1S/C23H37N3O6/c1-16(21(29)30)14-24-20(28)18-6-5-11-26(15-18)19(27)8-7-17-9-12-25(13-10-17)22(31)32-23(2,3)4/h7-8,16-18H,5-6,9-15H2,1-4H3,(H,24,28)(H,29,30)/b8-7+/t16-,18-/m1/s1. The lowest BCUT2D eigenvalue weighted by Crippen LogP contribution is -2.46. The third-order valence-corrected chi connectivity index (χ3v) is 5.81. The van der Waals surface area contributed by atoms with Crippen LogP contribution in [-0.2, 0) is 19.1 Å². The van der Waals surface area contributed by atoms with E-state index in [2.05, 4.69) is 5.32 Å². The van der Waals surface area contributed by atoms with E-state index in [1.807, 2.05) is 26.8 Å². The normalized spacial score (nSPS) is 21.3. The zero-order chi connectivity index (χ0) is 23.9. The second-order valence-corrected chi connectivity index (χ2v) is 9.77. The highest BCUT2D eigenvalue weighted by Gasteiger charge is 2.29. The number of carbonyl (C=O) groups excluding carboxylic acids is 3. The van der Waals surface area contributed by atoms with Crippen molar-refractivity contribution in [3.63, 3.8) is 0 Å². The van der Waals surface area contributed by atoms with Gasteiger partial charge in [-0.05, 0) is 58.4 Å². The van der Waals surface area contributed by atoms with Crippen LogP contribution in [0.1, 0.15) is 53.4 Å². The number of nitrogens with one attached hydrogen (secondary N) is 1. The van der Waals surface area contributed by atoms with Gasteiger partial charge in [0.1, 0.15) is 5.60 Å². The molecule has 0 aliphatic carbocycles. The van der Waals surface area contributed by atoms with Crippen LogP contribution in [-0.4, -0.2) is 77.1 Å². The lowest BCUT2D eigenvalue weighted by Gasteiger charge is -2.33. The monoisotopic (exact) mass is 451 g/mol. The van der Waals surface area contributed by atoms with E-state index in [-0.39, 0.29) is 36.3 Å². The largest absolute Gasteiger partial charge is 0.481 e. The predicted molar refractivity (Wildman–Crippen MR) is 119 cm³/mol. The average Bonchev–Trinajstić information content (AvgIpc) is 2.74. The fourth-order valence-electron chi connectivity index (χ4n) is 3.80. The number of carboxylic acid groups (broad SMARTS) is 1. The Bertz CT molecular complexity index is 722. The number of aliphatic carboxylic acids is 1. The van der Waals surface area contributed by atoms with Crippen LogP contribution in [0.25, 0.3) is 0 Å². The Morgan fingerprint density at radius 1 is 1.09 bits per heavy atom. The van der Waals surface area contributed by atoms with Gasteiger partial charge in [-0.2, -0.15) is 0 Å². The van der Waals surface area contributed by atoms with E-state index in [0.29, 0.717) is 32.6 Å². The highest BCUT2D eigenvalue weighted by Crippen LogP contribution is 2.22. The smallest absolute Gasteiger partial charge is 0.410 e. The second-order valence-electron chi connectivity index (χ2n) is 9.77. The molecule has 0 bridgehead atoms. The highest BCUT2D eigenvalue weighted by molar-refractivity contribution is 5.88. The summed E-state index contributed by atoms with van der Waals surface area (Å²) in [7, 11) is 0. The van der Waals surface area contributed by atoms with Crippen molar-refractivity contribution in [1.29, 1.82) is 0 Å². The first-order valence-corrected chi connectivity index (χ1v) is 11.4. The van der Waals surface area contributed by atoms with Crippen molar-refractivity contribution in [1.82, 2.24) is 15.1 Å². The molecule has 2 heterocycles. The van der Waals surface area contributed by atoms with Crippen molar-refractivity contribution in [3.8, 4) is 0 Å². The molecule has 0 radical (unpaired) electrons. The SMILES string of the molecule is C[C@H](CNC(=O)[C@@H]1CCCN(C(=O)/C=C/C2CCN(C(=O)OC(C)(C)C)CC2)C1)C(=O)O. The summed E-state index contributed by atoms with van der Waals surface area (Å²) in [4.78, 5) is 51.5. The third kappa shape index (κ3) is 8.16. The van der Waals surface area contributed by atoms with Gasteiger partial charge in [0.15, 0.2) is 0 Å². The summed E-state index contributed by atoms with van der Waals surface area (Å²) in [5.74, 6) is -2.01. The Morgan fingerprint density at radius 3 is 2.34 bits per heavy atom. The Balaban J connectivity index is 1.78. The number of ether oxygens (including phenoxy) is 1. The van der Waals surface area contributed by atoms with E-state index in [9.17, 15) is 19.2 Å². The second kappa shape index (κ2) is 11.3. The van der Waals surface area contributed by atoms with E-state index >= 15 is 0 Å². The summed E-state index contributed by atoms with van der Waals surface area (Å²) in [6, 6.07) is 0. The molecule has 2 rings (SSSR count). The maximum atomic E-state index is 12.6. The van der Waals surface area contributed by atoms with Gasteiger partial charge < -0.3 is 25.0 Å². The van der Waals surface area contributed by atoms with Gasteiger partial charge in [-0.15, -0.1) is 0 Å². The molecule has 2 aliphatic rings. The van der Waals surface area contributed by atoms with Crippen LogP contribution in [0.15, 0.2) is 12.2 Å². The van der Waals surface area contributed by atoms with Gasteiger partial charge in [0, 0.05) is 32.7 Å². The Kier molecular flexibility index (Phi) is 9.09. The summed E-state index contributed by atoms with van der Waals surface area (Å²) in [6.07, 6.45) is 6.16. The number of amides is 3. The minimum Gasteiger partial charge on any atom is -0.481 e. The minimum atomic E-state index is -0.951. The maximum absolute atomic E-state index is 12.6. The number of piperidine rings is 2. The zero-order valence-corrected chi connectivity index (χ0v) is 19.6. The van der Waals surface area contributed by atoms with Gasteiger partial charge in [-0.3, -0.25) is 14.4 Å². The summed E-state index contributed by atoms with van der Waals surface area (Å²) >= 11 is 0. The lowest BCUT2D eigenvalue weighted by molar-refractivity contribution is -0.141. The number of likely N-dealkylation sites (tertiary alicyclic amines) is 2. The molecular formula is C23H37N3O6. The van der Waals surface area contributed by atoms with Gasteiger partial charge in [0.25, 0.3) is 0 Å². The number of rotatable bonds is 6. The molecule has 2 atom stereocenters. The van der Waals surface area contributed by atoms with Crippen molar-refractivity contribution < 1.29 is 29.0 Å². The molecule has 0 saturated carbocycles. The predicted octanol–water partition coefficient (Wildman–Crippen LogP) is 2.27. The molecule has 2 saturated heterocycles. The first kappa shape index (κ1) is 25.7. The van der Waals surface area contributed by atoms with Gasteiger partial charge in [0.2, 0.25) is 11.8 Å². The van der Waals surface area contributed by atoms with Crippen molar-refractivity contribution in [2.45, 2.75) is 59.0 Å². The number of carbonyl (C=O) groups is 4. The van der Waals surface area contributed by atoms with Crippen LogP contribution < -0.4 is 5.32 Å². The molecule has 9 heteroatoms. The molecule has 0 spiro atoms. The first-order chi connectivity index (χ1) is 15.0. The fourth-order valence-corrected chi connectivity index (χ4v) is 3.80. The Hall–Kier alpha value is -2.58. The Labute approximate surface area is 190 Å². The number of carboxylic acids is 1. The van der Waals surface area contributed by atoms with Gasteiger partial charge in [-0.25, -0.2) is 4.79 Å². The number of nitrogens with zero attached hydrogens (tertiary/aromatic N) is 2. The quantitative estimate of drug-likeness (QED) is 0.599. The van der Waals surface area contributed by atoms with E-state index in [1.54, 1.807) is 22.8 Å². The van der Waals surface area contributed by atoms with Crippen LogP contribution in [0.5, 0.6) is 0 Å². The summed E-state index contributed by atoms with van der Waals surface area (Å²) in [6.45, 7) is 9.30. The lowest BCUT2D eigenvalue weighted by atomic mass is 9.95. The summed E-state index contributed by atoms with van der Waals surface area (Å²) in [5, 5.41) is 11.6. The van der Waals surface area contributed by atoms with E-state index in [4.69, 9.17) is 9.84 Å². The van der Waals surface area contributed by atoms with Crippen LogP contribution in [0.2, 0.25) is 0 Å². The van der Waals surface area contributed by atoms with Gasteiger partial charge >= 0.3 is 12.1 Å². The molecule has 2 aliphatic heterocycles. The van der Waals surface area contributed by atoms with Gasteiger partial charge in [-0.1, -0.05) is 13.0 Å². The molecule has 3 amide bonds. The van der Waals surface area contributed by atoms with Crippen molar-refractivity contribution in [2.24, 2.45) is 17.8 Å². The summed E-state index contributed by atoms with van der Waals surface area (Å²) < 4.78 is 5.41. The number of hydrogen-bond donors (Lipinski definition) is 2.